The molecule has 1 amide bonds. The highest BCUT2D eigenvalue weighted by atomic mass is 32.1. The van der Waals surface area contributed by atoms with Crippen LogP contribution in [0.15, 0.2) is 48.5 Å². The van der Waals surface area contributed by atoms with E-state index in [0.717, 1.165) is 26.9 Å². The van der Waals surface area contributed by atoms with Crippen LogP contribution < -0.4 is 19.7 Å². The minimum absolute atomic E-state index is 0.00533. The number of aromatic nitrogens is 1. The van der Waals surface area contributed by atoms with Crippen molar-refractivity contribution >= 4 is 27.5 Å². The third-order valence-electron chi connectivity index (χ3n) is 4.69. The summed E-state index contributed by atoms with van der Waals surface area (Å²) >= 11 is 1.69. The second-order valence-electron chi connectivity index (χ2n) is 6.87. The van der Waals surface area contributed by atoms with Crippen LogP contribution in [0.4, 0.5) is 0 Å². The number of amides is 1. The van der Waals surface area contributed by atoms with Crippen molar-refractivity contribution < 1.29 is 19.2 Å². The zero-order chi connectivity index (χ0) is 20.6. The van der Waals surface area contributed by atoms with Gasteiger partial charge in [0.15, 0.2) is 11.6 Å². The Morgan fingerprint density at radius 2 is 1.83 bits per heavy atom. The van der Waals surface area contributed by atoms with Gasteiger partial charge in [-0.15, -0.1) is 11.3 Å². The Morgan fingerprint density at radius 1 is 1.14 bits per heavy atom. The van der Waals surface area contributed by atoms with Crippen LogP contribution in [0.3, 0.4) is 0 Å². The summed E-state index contributed by atoms with van der Waals surface area (Å²) < 4.78 is 12.2. The average molecular weight is 415 g/mol. The molecule has 154 valence electrons. The highest BCUT2D eigenvalue weighted by Crippen LogP contribution is 2.24. The van der Waals surface area contributed by atoms with Gasteiger partial charge in [-0.2, -0.15) is 0 Å². The monoisotopic (exact) mass is 414 g/mol. The number of benzene rings is 2. The van der Waals surface area contributed by atoms with Gasteiger partial charge in [-0.3, -0.25) is 4.79 Å². The van der Waals surface area contributed by atoms with E-state index in [9.17, 15) is 4.79 Å². The molecule has 2 aromatic carbocycles. The summed E-state index contributed by atoms with van der Waals surface area (Å²) in [6.45, 7) is 5.97. The lowest BCUT2D eigenvalue weighted by Gasteiger charge is -2.19. The van der Waals surface area contributed by atoms with Gasteiger partial charge in [-0.05, 0) is 50.2 Å². The van der Waals surface area contributed by atoms with Crippen molar-refractivity contribution in [3.63, 3.8) is 0 Å². The Bertz CT molecular complexity index is 893. The first kappa shape index (κ1) is 21.1. The number of para-hydroxylation sites is 1. The number of rotatable bonds is 10. The molecule has 2 N–H and O–H groups in total. The molecule has 0 aliphatic carbocycles. The molecule has 29 heavy (non-hydrogen) atoms. The van der Waals surface area contributed by atoms with E-state index in [4.69, 9.17) is 14.5 Å². The molecule has 0 aliphatic rings. The quantitative estimate of drug-likeness (QED) is 0.500. The standard InChI is InChI=1S/C22H27N3O3S/c1-4-27-17-9-11-18(12-10-17)28-14-13-23-21(26)15-25(3)16(2)22-24-19-7-5-6-8-20(19)29-22/h5-12,16H,4,13-15H2,1-3H3,(H,23,26)/p+1/t16-/m0/s1. The number of carbonyl (C=O) groups is 1. The molecule has 0 aliphatic heterocycles. The maximum Gasteiger partial charge on any atom is 0.275 e. The molecule has 6 nitrogen and oxygen atoms in total. The molecule has 3 rings (SSSR count). The van der Waals surface area contributed by atoms with E-state index in [2.05, 4.69) is 18.3 Å². The highest BCUT2D eigenvalue weighted by molar-refractivity contribution is 7.18. The van der Waals surface area contributed by atoms with Crippen LogP contribution in [0.2, 0.25) is 0 Å². The number of quaternary nitrogens is 1. The van der Waals surface area contributed by atoms with Crippen molar-refractivity contribution in [2.24, 2.45) is 0 Å². The van der Waals surface area contributed by atoms with Crippen LogP contribution in [-0.4, -0.2) is 44.2 Å². The maximum atomic E-state index is 12.3. The van der Waals surface area contributed by atoms with Gasteiger partial charge in [0, 0.05) is 0 Å². The molecule has 1 unspecified atom stereocenters. The number of nitrogens with one attached hydrogen (secondary N) is 2. The van der Waals surface area contributed by atoms with Crippen LogP contribution in [-0.2, 0) is 4.79 Å². The first-order valence-electron chi connectivity index (χ1n) is 9.87. The number of ether oxygens (including phenoxy) is 2. The highest BCUT2D eigenvalue weighted by Gasteiger charge is 2.21. The predicted molar refractivity (Wildman–Crippen MR) is 116 cm³/mol. The topological polar surface area (TPSA) is 64.9 Å². The van der Waals surface area contributed by atoms with Gasteiger partial charge in [-0.25, -0.2) is 4.98 Å². The number of hydrogen-bond acceptors (Lipinski definition) is 5. The smallest absolute Gasteiger partial charge is 0.275 e. The Morgan fingerprint density at radius 3 is 2.52 bits per heavy atom. The second-order valence-corrected chi connectivity index (χ2v) is 7.93. The lowest BCUT2D eigenvalue weighted by molar-refractivity contribution is -0.902. The van der Waals surface area contributed by atoms with Crippen molar-refractivity contribution in [3.8, 4) is 11.5 Å². The minimum atomic E-state index is 0.00533. The molecule has 0 radical (unpaired) electrons. The summed E-state index contributed by atoms with van der Waals surface area (Å²) in [5.74, 6) is 1.59. The summed E-state index contributed by atoms with van der Waals surface area (Å²) in [7, 11) is 2.02. The average Bonchev–Trinajstić information content (AvgIpc) is 3.16. The van der Waals surface area contributed by atoms with E-state index in [1.54, 1.807) is 11.3 Å². The van der Waals surface area contributed by atoms with Crippen LogP contribution in [0.25, 0.3) is 10.2 Å². The van der Waals surface area contributed by atoms with Gasteiger partial charge < -0.3 is 19.7 Å². The van der Waals surface area contributed by atoms with E-state index in [0.29, 0.717) is 26.3 Å². The van der Waals surface area contributed by atoms with Crippen molar-refractivity contribution in [1.29, 1.82) is 0 Å². The SMILES string of the molecule is CCOc1ccc(OCCNC(=O)C[NH+](C)[C@@H](C)c2nc3ccccc3s2)cc1. The predicted octanol–water partition coefficient (Wildman–Crippen LogP) is 2.47. The Kier molecular flexibility index (Phi) is 7.43. The number of thiazole rings is 1. The van der Waals surface area contributed by atoms with Crippen LogP contribution >= 0.6 is 11.3 Å². The van der Waals surface area contributed by atoms with Crippen molar-refractivity contribution in [3.05, 3.63) is 53.5 Å². The molecule has 1 aromatic heterocycles. The third-order valence-corrected chi connectivity index (χ3v) is 5.91. The molecule has 0 spiro atoms. The van der Waals surface area contributed by atoms with Gasteiger partial charge in [0.05, 0.1) is 30.4 Å². The number of nitrogens with zero attached hydrogens (tertiary/aromatic N) is 1. The molecule has 1 heterocycles. The fourth-order valence-electron chi connectivity index (χ4n) is 2.91. The first-order valence-corrected chi connectivity index (χ1v) is 10.7. The third kappa shape index (κ3) is 5.92. The van der Waals surface area contributed by atoms with Crippen LogP contribution in [0.5, 0.6) is 11.5 Å². The van der Waals surface area contributed by atoms with Crippen molar-refractivity contribution in [2.45, 2.75) is 19.9 Å². The van der Waals surface area contributed by atoms with Gasteiger partial charge in [0.2, 0.25) is 0 Å². The fourth-order valence-corrected chi connectivity index (χ4v) is 4.03. The van der Waals surface area contributed by atoms with Gasteiger partial charge in [-0.1, -0.05) is 12.1 Å². The van der Waals surface area contributed by atoms with Gasteiger partial charge >= 0.3 is 0 Å². The zero-order valence-corrected chi connectivity index (χ0v) is 17.9. The number of likely N-dealkylation sites (N-methyl/N-ethyl adjacent to an activating group) is 1. The summed E-state index contributed by atoms with van der Waals surface area (Å²) in [5.41, 5.74) is 1.02. The summed E-state index contributed by atoms with van der Waals surface area (Å²) in [6.07, 6.45) is 0. The van der Waals surface area contributed by atoms with E-state index in [1.165, 1.54) is 4.70 Å². The van der Waals surface area contributed by atoms with Gasteiger partial charge in [0.1, 0.15) is 24.1 Å². The summed E-state index contributed by atoms with van der Waals surface area (Å²) in [4.78, 5) is 18.1. The lowest BCUT2D eigenvalue weighted by atomic mass is 10.3. The normalized spacial score (nSPS) is 13.1. The Hall–Kier alpha value is -2.64. The fraction of sp³-hybridized carbons (Fsp3) is 0.364. The molecule has 0 saturated heterocycles. The van der Waals surface area contributed by atoms with Crippen LogP contribution in [0, 0.1) is 0 Å². The van der Waals surface area contributed by atoms with E-state index in [-0.39, 0.29) is 11.9 Å². The molecule has 0 bridgehead atoms. The second kappa shape index (κ2) is 10.2. The van der Waals surface area contributed by atoms with Crippen molar-refractivity contribution in [1.82, 2.24) is 10.3 Å². The lowest BCUT2D eigenvalue weighted by Crippen LogP contribution is -3.10. The molecule has 0 fully saturated rings. The van der Waals surface area contributed by atoms with E-state index in [1.807, 2.05) is 56.4 Å². The Balaban J connectivity index is 1.40. The number of carbonyl (C=O) groups excluding carboxylic acids is 1. The minimum Gasteiger partial charge on any atom is -0.494 e. The largest absolute Gasteiger partial charge is 0.494 e. The maximum absolute atomic E-state index is 12.3. The number of hydrogen-bond donors (Lipinski definition) is 2. The molecule has 7 heteroatoms. The van der Waals surface area contributed by atoms with Crippen LogP contribution in [0.1, 0.15) is 24.9 Å². The van der Waals surface area contributed by atoms with E-state index < -0.39 is 0 Å². The zero-order valence-electron chi connectivity index (χ0n) is 17.1. The molecule has 2 atom stereocenters. The Labute approximate surface area is 175 Å². The van der Waals surface area contributed by atoms with Gasteiger partial charge in [0.25, 0.3) is 5.91 Å². The summed E-state index contributed by atoms with van der Waals surface area (Å²) in [6, 6.07) is 15.7. The molecular weight excluding hydrogens is 386 g/mol. The molecule has 3 aromatic rings. The molecular formula is C22H28N3O3S+. The van der Waals surface area contributed by atoms with Crippen molar-refractivity contribution in [2.75, 3.05) is 33.4 Å². The van der Waals surface area contributed by atoms with E-state index >= 15 is 0 Å². The first-order chi connectivity index (χ1) is 14.1. The molecule has 0 saturated carbocycles. The number of fused-ring (bicyclic) bond motifs is 1. The summed E-state index contributed by atoms with van der Waals surface area (Å²) in [5, 5.41) is 3.97.